The Morgan fingerprint density at radius 2 is 2.00 bits per heavy atom. The zero-order valence-electron chi connectivity index (χ0n) is 12.6. The maximum Gasteiger partial charge on any atom is 0.305 e. The number of benzene rings is 1. The SMILES string of the molecule is COC(=O)CCC(N)c1cc(C(C)(C)C)ccc1C. The molecular weight excluding hydrogens is 238 g/mol. The summed E-state index contributed by atoms with van der Waals surface area (Å²) in [5.74, 6) is -0.208. The standard InChI is InChI=1S/C16H25NO2/c1-11-6-7-12(16(2,3)4)10-13(11)14(17)8-9-15(18)19-5/h6-7,10,14H,8-9,17H2,1-5H3. The molecule has 3 heteroatoms. The average Bonchev–Trinajstić information content (AvgIpc) is 2.34. The number of esters is 1. The summed E-state index contributed by atoms with van der Waals surface area (Å²) in [6, 6.07) is 6.29. The molecule has 3 nitrogen and oxygen atoms in total. The minimum Gasteiger partial charge on any atom is -0.469 e. The summed E-state index contributed by atoms with van der Waals surface area (Å²) in [6.07, 6.45) is 0.970. The van der Waals surface area contributed by atoms with E-state index < -0.39 is 0 Å². The van der Waals surface area contributed by atoms with Crippen molar-refractivity contribution in [2.45, 2.75) is 52.0 Å². The lowest BCUT2D eigenvalue weighted by atomic mass is 9.84. The second-order valence-electron chi connectivity index (χ2n) is 6.04. The maximum absolute atomic E-state index is 11.2. The normalized spacial score (nSPS) is 13.2. The molecule has 0 radical (unpaired) electrons. The van der Waals surface area contributed by atoms with Gasteiger partial charge >= 0.3 is 5.97 Å². The second kappa shape index (κ2) is 6.20. The zero-order valence-corrected chi connectivity index (χ0v) is 12.6. The van der Waals surface area contributed by atoms with Gasteiger partial charge in [-0.15, -0.1) is 0 Å². The highest BCUT2D eigenvalue weighted by Crippen LogP contribution is 2.28. The summed E-state index contributed by atoms with van der Waals surface area (Å²) >= 11 is 0. The summed E-state index contributed by atoms with van der Waals surface area (Å²) in [6.45, 7) is 8.60. The molecule has 0 saturated heterocycles. The van der Waals surface area contributed by atoms with Gasteiger partial charge in [-0.05, 0) is 35.4 Å². The first-order chi connectivity index (χ1) is 8.75. The van der Waals surface area contributed by atoms with Gasteiger partial charge < -0.3 is 10.5 Å². The molecule has 0 aliphatic carbocycles. The Labute approximate surface area is 116 Å². The molecule has 1 aromatic carbocycles. The molecule has 19 heavy (non-hydrogen) atoms. The number of ether oxygens (including phenoxy) is 1. The van der Waals surface area contributed by atoms with Crippen molar-refractivity contribution in [2.75, 3.05) is 7.11 Å². The molecule has 0 fully saturated rings. The smallest absolute Gasteiger partial charge is 0.305 e. The lowest BCUT2D eigenvalue weighted by Crippen LogP contribution is -2.17. The van der Waals surface area contributed by atoms with Crippen LogP contribution >= 0.6 is 0 Å². The third-order valence-corrected chi connectivity index (χ3v) is 3.43. The summed E-state index contributed by atoms with van der Waals surface area (Å²) in [7, 11) is 1.40. The average molecular weight is 263 g/mol. The Morgan fingerprint density at radius 3 is 2.53 bits per heavy atom. The molecule has 1 rings (SSSR count). The minimum atomic E-state index is -0.208. The van der Waals surface area contributed by atoms with Crippen molar-refractivity contribution < 1.29 is 9.53 Å². The molecule has 0 saturated carbocycles. The third-order valence-electron chi connectivity index (χ3n) is 3.43. The van der Waals surface area contributed by atoms with E-state index in [4.69, 9.17) is 5.73 Å². The van der Waals surface area contributed by atoms with Crippen LogP contribution in [-0.4, -0.2) is 13.1 Å². The van der Waals surface area contributed by atoms with Crippen molar-refractivity contribution in [1.29, 1.82) is 0 Å². The Bertz CT molecular complexity index is 447. The fraction of sp³-hybridized carbons (Fsp3) is 0.562. The van der Waals surface area contributed by atoms with E-state index in [1.807, 2.05) is 0 Å². The van der Waals surface area contributed by atoms with Crippen molar-refractivity contribution in [2.24, 2.45) is 5.73 Å². The van der Waals surface area contributed by atoms with Gasteiger partial charge in [-0.3, -0.25) is 4.79 Å². The Balaban J connectivity index is 2.89. The molecule has 0 aromatic heterocycles. The predicted octanol–water partition coefficient (Wildman–Crippen LogP) is 3.25. The summed E-state index contributed by atoms with van der Waals surface area (Å²) < 4.78 is 4.65. The first kappa shape index (κ1) is 15.7. The molecule has 0 spiro atoms. The topological polar surface area (TPSA) is 52.3 Å². The van der Waals surface area contributed by atoms with Gasteiger partial charge in [0, 0.05) is 12.5 Å². The lowest BCUT2D eigenvalue weighted by Gasteiger charge is -2.23. The first-order valence-corrected chi connectivity index (χ1v) is 6.69. The minimum absolute atomic E-state index is 0.102. The first-order valence-electron chi connectivity index (χ1n) is 6.69. The van der Waals surface area contributed by atoms with Crippen LogP contribution in [-0.2, 0) is 14.9 Å². The number of aryl methyl sites for hydroxylation is 1. The highest BCUT2D eigenvalue weighted by molar-refractivity contribution is 5.69. The number of rotatable bonds is 4. The van der Waals surface area contributed by atoms with Crippen molar-refractivity contribution >= 4 is 5.97 Å². The maximum atomic E-state index is 11.2. The van der Waals surface area contributed by atoms with Gasteiger partial charge in [-0.25, -0.2) is 0 Å². The van der Waals surface area contributed by atoms with Crippen LogP contribution in [0.25, 0.3) is 0 Å². The van der Waals surface area contributed by atoms with Gasteiger partial charge in [0.05, 0.1) is 7.11 Å². The molecule has 106 valence electrons. The fourth-order valence-electron chi connectivity index (χ4n) is 2.04. The highest BCUT2D eigenvalue weighted by atomic mass is 16.5. The van der Waals surface area contributed by atoms with Gasteiger partial charge in [-0.2, -0.15) is 0 Å². The predicted molar refractivity (Wildman–Crippen MR) is 78.1 cm³/mol. The van der Waals surface area contributed by atoms with Crippen LogP contribution < -0.4 is 5.73 Å². The van der Waals surface area contributed by atoms with Crippen LogP contribution in [0.4, 0.5) is 0 Å². The van der Waals surface area contributed by atoms with E-state index in [9.17, 15) is 4.79 Å². The van der Waals surface area contributed by atoms with Crippen LogP contribution in [0.3, 0.4) is 0 Å². The van der Waals surface area contributed by atoms with Gasteiger partial charge in [-0.1, -0.05) is 39.0 Å². The van der Waals surface area contributed by atoms with Crippen LogP contribution in [0.1, 0.15) is 56.3 Å². The van der Waals surface area contributed by atoms with E-state index in [0.29, 0.717) is 12.8 Å². The van der Waals surface area contributed by atoms with Crippen LogP contribution in [0.2, 0.25) is 0 Å². The Hall–Kier alpha value is -1.35. The van der Waals surface area contributed by atoms with E-state index in [1.54, 1.807) is 0 Å². The molecule has 1 aromatic rings. The second-order valence-corrected chi connectivity index (χ2v) is 6.04. The number of methoxy groups -OCH3 is 1. The van der Waals surface area contributed by atoms with Crippen LogP contribution in [0.5, 0.6) is 0 Å². The van der Waals surface area contributed by atoms with Crippen molar-refractivity contribution in [1.82, 2.24) is 0 Å². The summed E-state index contributed by atoms with van der Waals surface area (Å²) in [5, 5.41) is 0. The van der Waals surface area contributed by atoms with Crippen LogP contribution in [0, 0.1) is 6.92 Å². The molecule has 0 aliphatic rings. The monoisotopic (exact) mass is 263 g/mol. The number of carbonyl (C=O) groups is 1. The molecule has 0 bridgehead atoms. The molecule has 1 unspecified atom stereocenters. The molecule has 2 N–H and O–H groups in total. The number of nitrogens with two attached hydrogens (primary N) is 1. The van der Waals surface area contributed by atoms with Crippen molar-refractivity contribution in [3.63, 3.8) is 0 Å². The van der Waals surface area contributed by atoms with Gasteiger partial charge in [0.15, 0.2) is 0 Å². The summed E-state index contributed by atoms with van der Waals surface area (Å²) in [5.41, 5.74) is 9.86. The largest absolute Gasteiger partial charge is 0.469 e. The number of carbonyl (C=O) groups excluding carboxylic acids is 1. The molecular formula is C16H25NO2. The summed E-state index contributed by atoms with van der Waals surface area (Å²) in [4.78, 5) is 11.2. The molecule has 1 atom stereocenters. The van der Waals surface area contributed by atoms with Crippen molar-refractivity contribution in [3.05, 3.63) is 34.9 Å². The van der Waals surface area contributed by atoms with E-state index in [2.05, 4.69) is 50.6 Å². The Morgan fingerprint density at radius 1 is 1.37 bits per heavy atom. The third kappa shape index (κ3) is 4.35. The van der Waals surface area contributed by atoms with E-state index in [1.165, 1.54) is 18.2 Å². The van der Waals surface area contributed by atoms with Gasteiger partial charge in [0.25, 0.3) is 0 Å². The quantitative estimate of drug-likeness (QED) is 0.848. The number of hydrogen-bond donors (Lipinski definition) is 1. The van der Waals surface area contributed by atoms with E-state index in [-0.39, 0.29) is 17.4 Å². The molecule has 0 aliphatic heterocycles. The van der Waals surface area contributed by atoms with Gasteiger partial charge in [0.1, 0.15) is 0 Å². The molecule has 0 amide bonds. The number of hydrogen-bond acceptors (Lipinski definition) is 3. The Kier molecular flexibility index (Phi) is 5.12. The zero-order chi connectivity index (χ0) is 14.6. The lowest BCUT2D eigenvalue weighted by molar-refractivity contribution is -0.140. The van der Waals surface area contributed by atoms with Crippen LogP contribution in [0.15, 0.2) is 18.2 Å². The van der Waals surface area contributed by atoms with E-state index in [0.717, 1.165) is 5.56 Å². The fourth-order valence-corrected chi connectivity index (χ4v) is 2.04. The molecule has 0 heterocycles. The highest BCUT2D eigenvalue weighted by Gasteiger charge is 2.17. The van der Waals surface area contributed by atoms with E-state index >= 15 is 0 Å². The van der Waals surface area contributed by atoms with Crippen molar-refractivity contribution in [3.8, 4) is 0 Å². The van der Waals surface area contributed by atoms with Gasteiger partial charge in [0.2, 0.25) is 0 Å².